The number of likely N-dealkylation sites (tertiary alicyclic amines) is 1. The molecule has 0 saturated carbocycles. The minimum absolute atomic E-state index is 0.0304. The Hall–Kier alpha value is -7.64. The fraction of sp³-hybridized carbons (Fsp3) is 0.385. The highest BCUT2D eigenvalue weighted by atomic mass is 32.1. The number of nitrogens with one attached hydrogen (secondary N) is 3. The first-order chi connectivity index (χ1) is 42.0. The van der Waals surface area contributed by atoms with Gasteiger partial charge >= 0.3 is 0 Å². The van der Waals surface area contributed by atoms with Crippen LogP contribution in [0.3, 0.4) is 0 Å². The molecular weight excluding hydrogens is 1150 g/mol. The molecule has 7 aromatic rings. The third kappa shape index (κ3) is 19.2. The number of nitrogens with zero attached hydrogens (tertiary/aromatic N) is 3. The van der Waals surface area contributed by atoms with E-state index in [1.165, 1.54) is 16.2 Å². The van der Waals surface area contributed by atoms with E-state index < -0.39 is 35.4 Å². The minimum atomic E-state index is -0.982. The lowest BCUT2D eigenvalue weighted by Crippen LogP contribution is -2.58. The van der Waals surface area contributed by atoms with Crippen LogP contribution in [0.2, 0.25) is 0 Å². The normalized spacial score (nSPS) is 15.0. The first kappa shape index (κ1) is 65.3. The number of benzene rings is 5. The van der Waals surface area contributed by atoms with Gasteiger partial charge in [0.05, 0.1) is 107 Å². The van der Waals surface area contributed by atoms with E-state index in [0.29, 0.717) is 77.4 Å². The number of thiophene rings is 1. The molecule has 6 N–H and O–H groups in total. The van der Waals surface area contributed by atoms with Crippen LogP contribution in [0.15, 0.2) is 126 Å². The lowest BCUT2D eigenvalue weighted by Gasteiger charge is -2.35. The summed E-state index contributed by atoms with van der Waals surface area (Å²) in [5.74, 6) is -0.720. The van der Waals surface area contributed by atoms with Crippen LogP contribution in [-0.2, 0) is 42.8 Å². The zero-order chi connectivity index (χ0) is 61.7. The van der Waals surface area contributed by atoms with Gasteiger partial charge in [-0.25, -0.2) is 10.4 Å². The summed E-state index contributed by atoms with van der Waals surface area (Å²) < 4.78 is 40.1. The molecule has 4 amide bonds. The molecule has 0 aliphatic carbocycles. The summed E-state index contributed by atoms with van der Waals surface area (Å²) in [6, 6.07) is 32.4. The van der Waals surface area contributed by atoms with Gasteiger partial charge in [0.2, 0.25) is 17.7 Å². The van der Waals surface area contributed by atoms with Crippen molar-refractivity contribution in [2.24, 2.45) is 10.5 Å². The number of hydrogen-bond acceptors (Lipinski definition) is 18. The van der Waals surface area contributed by atoms with Crippen LogP contribution in [0.25, 0.3) is 42.1 Å². The van der Waals surface area contributed by atoms with Gasteiger partial charge < -0.3 is 64.0 Å². The van der Waals surface area contributed by atoms with Crippen molar-refractivity contribution >= 4 is 62.6 Å². The van der Waals surface area contributed by atoms with Crippen molar-refractivity contribution in [1.29, 1.82) is 0 Å². The highest BCUT2D eigenvalue weighted by molar-refractivity contribution is 7.23. The number of thiazole rings is 1. The second kappa shape index (κ2) is 32.4. The summed E-state index contributed by atoms with van der Waals surface area (Å²) in [6.45, 7) is 13.1. The van der Waals surface area contributed by atoms with E-state index in [-0.39, 0.29) is 62.1 Å². The van der Waals surface area contributed by atoms with Crippen molar-refractivity contribution < 1.29 is 67.7 Å². The lowest BCUT2D eigenvalue weighted by molar-refractivity contribution is -0.144. The maximum atomic E-state index is 14.0. The smallest absolute Gasteiger partial charge is 0.271 e. The third-order valence-electron chi connectivity index (χ3n) is 14.1. The standard InChI is InChI=1S/C65H76N6O14S2/c1-42(45-11-13-46(14-12-45)59-43(2)66-41-86-59)68-63(77)55-36-52(74)39-71(55)64(78)61(65(3,4)5)69-57(75)40-84-32-31-82-28-27-80-24-23-79-25-26-81-29-30-83-33-34-85-53-20-9-44(10-21-53)38-67-70-62(76)49-8-6-7-48(35-49)58-54-22-19-51(73)37-56(54)87-60(58)47-15-17-50(72)18-16-47/h6-22,35,37-38,41-42,52,55,61,72-74H,23-34,36,39-40H2,1-5H3,(H,68,77)(H,69,75)(H,70,76). The number of rotatable bonds is 32. The van der Waals surface area contributed by atoms with E-state index in [4.69, 9.17) is 33.2 Å². The number of aliphatic hydroxyl groups excluding tert-OH is 1. The molecule has 462 valence electrons. The van der Waals surface area contributed by atoms with Gasteiger partial charge in [0.25, 0.3) is 5.91 Å². The van der Waals surface area contributed by atoms with Crippen LogP contribution >= 0.6 is 22.7 Å². The molecule has 2 aromatic heterocycles. The predicted octanol–water partition coefficient (Wildman–Crippen LogP) is 8.69. The Kier molecular flexibility index (Phi) is 24.3. The number of aryl methyl sites for hydroxylation is 1. The van der Waals surface area contributed by atoms with Gasteiger partial charge in [0.1, 0.15) is 42.5 Å². The number of aromatic hydroxyl groups is 2. The summed E-state index contributed by atoms with van der Waals surface area (Å²) >= 11 is 3.09. The van der Waals surface area contributed by atoms with Crippen molar-refractivity contribution in [2.75, 3.05) is 92.4 Å². The van der Waals surface area contributed by atoms with Crippen LogP contribution in [-0.4, -0.2) is 166 Å². The molecule has 3 heterocycles. The number of amides is 4. The highest BCUT2D eigenvalue weighted by Crippen LogP contribution is 2.46. The summed E-state index contributed by atoms with van der Waals surface area (Å²) in [4.78, 5) is 61.6. The second-order valence-electron chi connectivity index (χ2n) is 21.7. The van der Waals surface area contributed by atoms with Crippen molar-refractivity contribution in [1.82, 2.24) is 25.9 Å². The Morgan fingerprint density at radius 1 is 0.713 bits per heavy atom. The summed E-state index contributed by atoms with van der Waals surface area (Å²) in [7, 11) is 0. The van der Waals surface area contributed by atoms with Crippen LogP contribution < -0.4 is 20.8 Å². The topological polar surface area (TPSA) is 258 Å². The van der Waals surface area contributed by atoms with Gasteiger partial charge in [-0.2, -0.15) is 5.10 Å². The van der Waals surface area contributed by atoms with Crippen LogP contribution in [0.4, 0.5) is 0 Å². The van der Waals surface area contributed by atoms with E-state index in [0.717, 1.165) is 58.9 Å². The number of hydrazone groups is 1. The number of β-amino-alcohol motifs (C(OH)–C–C–N with tert-alkyl or cyclic N) is 1. The third-order valence-corrected chi connectivity index (χ3v) is 16.3. The zero-order valence-corrected chi connectivity index (χ0v) is 51.2. The molecule has 1 saturated heterocycles. The number of hydrogen-bond donors (Lipinski definition) is 6. The Balaban J connectivity index is 0.612. The first-order valence-electron chi connectivity index (χ1n) is 28.8. The molecule has 22 heteroatoms. The van der Waals surface area contributed by atoms with E-state index in [2.05, 4.69) is 26.1 Å². The molecule has 1 fully saturated rings. The van der Waals surface area contributed by atoms with Crippen LogP contribution in [0, 0.1) is 12.3 Å². The maximum absolute atomic E-state index is 14.0. The van der Waals surface area contributed by atoms with Crippen LogP contribution in [0.5, 0.6) is 17.2 Å². The zero-order valence-electron chi connectivity index (χ0n) is 49.5. The molecule has 1 aliphatic rings. The number of aliphatic hydroxyl groups is 1. The molecule has 8 rings (SSSR count). The first-order valence-corrected chi connectivity index (χ1v) is 30.5. The Morgan fingerprint density at radius 2 is 1.31 bits per heavy atom. The Bertz CT molecular complexity index is 3390. The van der Waals surface area contributed by atoms with Gasteiger partial charge in [-0.1, -0.05) is 57.2 Å². The average Bonchev–Trinajstić information content (AvgIpc) is 1.76. The van der Waals surface area contributed by atoms with Crippen molar-refractivity contribution in [3.8, 4) is 49.3 Å². The Morgan fingerprint density at radius 3 is 1.93 bits per heavy atom. The number of phenolic OH excluding ortho intramolecular Hbond substituents is 2. The molecule has 4 unspecified atom stereocenters. The van der Waals surface area contributed by atoms with Gasteiger partial charge in [0, 0.05) is 39.1 Å². The molecular formula is C65H76N6O14S2. The number of phenols is 2. The molecule has 20 nitrogen and oxygen atoms in total. The largest absolute Gasteiger partial charge is 0.508 e. The van der Waals surface area contributed by atoms with Crippen molar-refractivity contribution in [2.45, 2.75) is 65.3 Å². The van der Waals surface area contributed by atoms with Crippen LogP contribution in [0.1, 0.15) is 67.3 Å². The lowest BCUT2D eigenvalue weighted by atomic mass is 9.85. The number of aromatic nitrogens is 1. The molecule has 0 spiro atoms. The average molecular weight is 1230 g/mol. The summed E-state index contributed by atoms with van der Waals surface area (Å²) in [5.41, 5.74) is 10.4. The SMILES string of the molecule is Cc1ncsc1-c1ccc(C(C)NC(=O)C2CC(O)CN2C(=O)C(NC(=O)COCCOCCOCCOCCOCCOCCOc2ccc(C=NNC(=O)c3cccc(-c4c(-c5ccc(O)cc5)sc5cc(O)ccc45)c3)cc2)C(C)(C)C)cc1. The van der Waals surface area contributed by atoms with Gasteiger partial charge in [-0.3, -0.25) is 19.2 Å². The highest BCUT2D eigenvalue weighted by Gasteiger charge is 2.45. The van der Waals surface area contributed by atoms with Gasteiger partial charge in [-0.15, -0.1) is 22.7 Å². The molecule has 1 aliphatic heterocycles. The van der Waals surface area contributed by atoms with E-state index in [9.17, 15) is 34.5 Å². The van der Waals surface area contributed by atoms with Gasteiger partial charge in [0.15, 0.2) is 0 Å². The number of carbonyl (C=O) groups excluding carboxylic acids is 4. The molecule has 5 aromatic carbocycles. The van der Waals surface area contributed by atoms with E-state index in [1.54, 1.807) is 47.9 Å². The van der Waals surface area contributed by atoms with Crippen molar-refractivity contribution in [3.63, 3.8) is 0 Å². The number of fused-ring (bicyclic) bond motifs is 1. The van der Waals surface area contributed by atoms with E-state index in [1.807, 2.05) is 125 Å². The molecule has 0 radical (unpaired) electrons. The molecule has 87 heavy (non-hydrogen) atoms. The molecule has 4 atom stereocenters. The monoisotopic (exact) mass is 1230 g/mol. The molecule has 0 bridgehead atoms. The fourth-order valence-electron chi connectivity index (χ4n) is 9.58. The van der Waals surface area contributed by atoms with E-state index >= 15 is 0 Å². The predicted molar refractivity (Wildman–Crippen MR) is 334 cm³/mol. The Labute approximate surface area is 514 Å². The number of ether oxygens (including phenoxy) is 7. The fourth-order valence-corrected chi connectivity index (χ4v) is 11.7. The second-order valence-corrected chi connectivity index (χ2v) is 23.6. The quantitative estimate of drug-likeness (QED) is 0.0131. The summed E-state index contributed by atoms with van der Waals surface area (Å²) in [6.07, 6.45) is 0.745. The number of carbonyl (C=O) groups is 4. The maximum Gasteiger partial charge on any atom is 0.271 e. The minimum Gasteiger partial charge on any atom is -0.508 e. The summed E-state index contributed by atoms with van der Waals surface area (Å²) in [5, 5.41) is 41.6. The van der Waals surface area contributed by atoms with Gasteiger partial charge in [-0.05, 0) is 126 Å². The van der Waals surface area contributed by atoms with Crippen molar-refractivity contribution in [3.05, 3.63) is 143 Å².